The van der Waals surface area contributed by atoms with Crippen LogP contribution in [0.25, 0.3) is 0 Å². The van der Waals surface area contributed by atoms with Crippen LogP contribution < -0.4 is 0 Å². The molecule has 0 bridgehead atoms. The minimum Gasteiger partial charge on any atom is -0.115 e. The highest BCUT2D eigenvalue weighted by Gasteiger charge is 2.62. The molecule has 0 heteroatoms. The predicted molar refractivity (Wildman–Crippen MR) is 184 cm³/mol. The summed E-state index contributed by atoms with van der Waals surface area (Å²) in [5.41, 5.74) is 5.09. The average molecular weight is 551 g/mol. The van der Waals surface area contributed by atoms with E-state index < -0.39 is 0 Å². The largest absolute Gasteiger partial charge is 0.115 e. The Labute approximate surface area is 253 Å². The van der Waals surface area contributed by atoms with Crippen LogP contribution in [0, 0.1) is 64.6 Å². The quantitative estimate of drug-likeness (QED) is 0.241. The second-order valence-corrected chi connectivity index (χ2v) is 13.1. The highest BCUT2D eigenvalue weighted by molar-refractivity contribution is 5.40. The first-order valence-corrected chi connectivity index (χ1v) is 17.1. The van der Waals surface area contributed by atoms with Gasteiger partial charge in [0.15, 0.2) is 0 Å². The normalized spacial score (nSPS) is 37.0. The first kappa shape index (κ1) is 38.5. The first-order valence-electron chi connectivity index (χ1n) is 17.1. The van der Waals surface area contributed by atoms with Gasteiger partial charge in [-0.25, -0.2) is 0 Å². The summed E-state index contributed by atoms with van der Waals surface area (Å²) in [5.74, 6) is 8.27. The lowest BCUT2D eigenvalue weighted by atomic mass is 9.42. The average Bonchev–Trinajstić information content (AvgIpc) is 3.33. The first-order chi connectivity index (χ1) is 19.1. The fraction of sp³-hybridized carbons (Fsp3) is 0.750. The lowest BCUT2D eigenvalue weighted by Crippen LogP contribution is -2.55. The Morgan fingerprint density at radius 3 is 2.05 bits per heavy atom. The van der Waals surface area contributed by atoms with Gasteiger partial charge in [-0.2, -0.15) is 0 Å². The van der Waals surface area contributed by atoms with Gasteiger partial charge in [0.05, 0.1) is 0 Å². The summed E-state index contributed by atoms with van der Waals surface area (Å²) in [6.07, 6.45) is 21.3. The van der Waals surface area contributed by atoms with Crippen LogP contribution in [-0.2, 0) is 0 Å². The van der Waals surface area contributed by atoms with Crippen LogP contribution in [0.5, 0.6) is 0 Å². The summed E-state index contributed by atoms with van der Waals surface area (Å²) in [5, 5.41) is 0. The molecule has 0 nitrogen and oxygen atoms in total. The molecule has 0 saturated heterocycles. The van der Waals surface area contributed by atoms with E-state index >= 15 is 0 Å². The Morgan fingerprint density at radius 1 is 1.00 bits per heavy atom. The number of hydrogen-bond donors (Lipinski definition) is 0. The maximum absolute atomic E-state index is 5.57. The molecular formula is C40H70. The monoisotopic (exact) mass is 551 g/mol. The van der Waals surface area contributed by atoms with Crippen LogP contribution in [0.4, 0.5) is 0 Å². The molecule has 0 spiro atoms. The predicted octanol–water partition coefficient (Wildman–Crippen LogP) is 12.9. The summed E-state index contributed by atoms with van der Waals surface area (Å²) in [6, 6.07) is 0. The third kappa shape index (κ3) is 7.87. The molecule has 0 amide bonds. The van der Waals surface area contributed by atoms with Gasteiger partial charge in [-0.15, -0.1) is 19.6 Å². The Bertz CT molecular complexity index is 835. The minimum absolute atomic E-state index is 0.463. The lowest BCUT2D eigenvalue weighted by Gasteiger charge is -2.62. The zero-order valence-corrected chi connectivity index (χ0v) is 29.1. The number of terminal acetylenes is 1. The van der Waals surface area contributed by atoms with Crippen molar-refractivity contribution in [3.63, 3.8) is 0 Å². The van der Waals surface area contributed by atoms with Crippen LogP contribution in [-0.4, -0.2) is 0 Å². The van der Waals surface area contributed by atoms with Gasteiger partial charge < -0.3 is 0 Å². The van der Waals surface area contributed by atoms with Gasteiger partial charge in [0.25, 0.3) is 0 Å². The van der Waals surface area contributed by atoms with E-state index in [4.69, 9.17) is 13.0 Å². The molecule has 4 aliphatic carbocycles. The molecule has 7 unspecified atom stereocenters. The van der Waals surface area contributed by atoms with Gasteiger partial charge >= 0.3 is 0 Å². The van der Waals surface area contributed by atoms with Crippen molar-refractivity contribution < 1.29 is 0 Å². The van der Waals surface area contributed by atoms with E-state index in [-0.39, 0.29) is 0 Å². The third-order valence-electron chi connectivity index (χ3n) is 11.1. The summed E-state index contributed by atoms with van der Waals surface area (Å²) in [4.78, 5) is 0. The molecule has 4 aliphatic rings. The molecular weight excluding hydrogens is 480 g/mol. The maximum Gasteiger partial charge on any atom is -0.00541 e. The highest BCUT2D eigenvalue weighted by atomic mass is 14.7. The second kappa shape index (κ2) is 18.1. The van der Waals surface area contributed by atoms with Crippen molar-refractivity contribution in [1.82, 2.24) is 0 Å². The van der Waals surface area contributed by atoms with Crippen molar-refractivity contribution in [2.24, 2.45) is 52.3 Å². The molecule has 40 heavy (non-hydrogen) atoms. The van der Waals surface area contributed by atoms with Gasteiger partial charge in [-0.05, 0) is 127 Å². The van der Waals surface area contributed by atoms with E-state index in [0.717, 1.165) is 47.5 Å². The fourth-order valence-electron chi connectivity index (χ4n) is 9.27. The summed E-state index contributed by atoms with van der Waals surface area (Å²) in [7, 11) is 0. The zero-order valence-electron chi connectivity index (χ0n) is 29.1. The summed E-state index contributed by atoms with van der Waals surface area (Å²) < 4.78 is 0. The zero-order chi connectivity index (χ0) is 31.3. The number of rotatable bonds is 4. The van der Waals surface area contributed by atoms with Crippen molar-refractivity contribution in [1.29, 1.82) is 0 Å². The number of hydrogen-bond acceptors (Lipinski definition) is 0. The summed E-state index contributed by atoms with van der Waals surface area (Å²) >= 11 is 0. The fourth-order valence-corrected chi connectivity index (χ4v) is 9.27. The molecule has 0 aromatic carbocycles. The van der Waals surface area contributed by atoms with Crippen LogP contribution in [0.15, 0.2) is 49.1 Å². The van der Waals surface area contributed by atoms with Crippen molar-refractivity contribution in [3.05, 3.63) is 49.1 Å². The molecule has 9 atom stereocenters. The van der Waals surface area contributed by atoms with Crippen molar-refractivity contribution >= 4 is 0 Å². The lowest BCUT2D eigenvalue weighted by molar-refractivity contribution is -0.0801. The van der Waals surface area contributed by atoms with E-state index in [1.165, 1.54) is 63.4 Å². The van der Waals surface area contributed by atoms with Crippen LogP contribution in [0.2, 0.25) is 0 Å². The molecule has 4 fully saturated rings. The van der Waals surface area contributed by atoms with E-state index in [1.807, 2.05) is 27.7 Å². The molecule has 0 N–H and O–H groups in total. The molecule has 0 aromatic heterocycles. The second-order valence-electron chi connectivity index (χ2n) is 13.1. The van der Waals surface area contributed by atoms with Crippen molar-refractivity contribution in [2.45, 2.75) is 140 Å². The Balaban J connectivity index is 0.00000153. The van der Waals surface area contributed by atoms with E-state index in [2.05, 4.69) is 80.2 Å². The van der Waals surface area contributed by atoms with Crippen LogP contribution in [0.3, 0.4) is 0 Å². The molecule has 0 aromatic rings. The van der Waals surface area contributed by atoms with Gasteiger partial charge in [-0.3, -0.25) is 0 Å². The Morgan fingerprint density at radius 2 is 1.52 bits per heavy atom. The van der Waals surface area contributed by atoms with Gasteiger partial charge in [0.2, 0.25) is 0 Å². The van der Waals surface area contributed by atoms with E-state index in [9.17, 15) is 0 Å². The molecule has 4 saturated carbocycles. The smallest absolute Gasteiger partial charge is 0.00541 e. The van der Waals surface area contributed by atoms with Crippen molar-refractivity contribution in [2.75, 3.05) is 0 Å². The van der Waals surface area contributed by atoms with Crippen LogP contribution >= 0.6 is 0 Å². The number of fused-ring (bicyclic) bond motifs is 5. The standard InChI is InChI=1S/C31H46.C3H8.2C2H6.C2H4/c1-9-20(3)11-12-22(5)25-13-14-26-29-23(6)24(10-2)28-19-21(4)15-17-31(28,8)27(29)16-18-30(25,26)7;1-3-2;3*1-2/h1,10,21-22,25-29H,3,6,11-19H2,2,4-5,7-8H3;3H2,1-2H3;2*1-2H3;1-2H2/b24-10+;;;;/t21-,22-,25?,26?,27?,28?,29?,30?,31?;;;;/m1..../s1. The molecule has 230 valence electrons. The topological polar surface area (TPSA) is 0 Å². The SMILES string of the molecule is C#CC(=C)CC[C@@H](C)C1CCC2C3C(=C)/C(=C\C)C4C[C@H](C)CCC4(C)C3CCC21C.C=C.CC.CC.CCC. The van der Waals surface area contributed by atoms with E-state index in [1.54, 1.807) is 5.57 Å². The Kier molecular flexibility index (Phi) is 17.5. The summed E-state index contributed by atoms with van der Waals surface area (Å²) in [6.45, 7) is 39.7. The molecule has 4 rings (SSSR count). The third-order valence-corrected chi connectivity index (χ3v) is 11.1. The van der Waals surface area contributed by atoms with Crippen molar-refractivity contribution in [3.8, 4) is 12.3 Å². The molecule has 0 aliphatic heterocycles. The molecule has 0 heterocycles. The Hall–Kier alpha value is -1.48. The highest BCUT2D eigenvalue weighted by Crippen LogP contribution is 2.70. The van der Waals surface area contributed by atoms with Gasteiger partial charge in [-0.1, -0.05) is 107 Å². The van der Waals surface area contributed by atoms with Gasteiger partial charge in [0.1, 0.15) is 0 Å². The van der Waals surface area contributed by atoms with Gasteiger partial charge in [0, 0.05) is 0 Å². The number of allylic oxidation sites excluding steroid dienone is 4. The van der Waals surface area contributed by atoms with Crippen LogP contribution in [0.1, 0.15) is 140 Å². The minimum atomic E-state index is 0.463. The van der Waals surface area contributed by atoms with E-state index in [0.29, 0.717) is 16.7 Å². The molecule has 0 radical (unpaired) electrons. The maximum atomic E-state index is 5.57.